The fourth-order valence-corrected chi connectivity index (χ4v) is 3.69. The highest BCUT2D eigenvalue weighted by Gasteiger charge is 2.33. The topological polar surface area (TPSA) is 102 Å². The Morgan fingerprint density at radius 1 is 1.13 bits per heavy atom. The molecule has 5 rings (SSSR count). The molecule has 1 aliphatic heterocycles. The molecule has 30 heavy (non-hydrogen) atoms. The van der Waals surface area contributed by atoms with E-state index in [1.54, 1.807) is 18.5 Å². The Kier molecular flexibility index (Phi) is 4.61. The van der Waals surface area contributed by atoms with Crippen LogP contribution in [0.5, 0.6) is 0 Å². The number of pyridine rings is 1. The molecule has 3 aromatic heterocycles. The fraction of sp³-hybridized carbons (Fsp3) is 0.182. The van der Waals surface area contributed by atoms with Crippen LogP contribution in [-0.2, 0) is 4.74 Å². The van der Waals surface area contributed by atoms with Crippen molar-refractivity contribution in [2.45, 2.75) is 12.1 Å². The van der Waals surface area contributed by atoms with Crippen molar-refractivity contribution < 1.29 is 9.53 Å². The monoisotopic (exact) mass is 401 g/mol. The zero-order valence-electron chi connectivity index (χ0n) is 16.0. The molecule has 2 unspecified atom stereocenters. The van der Waals surface area contributed by atoms with E-state index in [1.807, 2.05) is 42.5 Å². The molecule has 1 fully saturated rings. The quantitative estimate of drug-likeness (QED) is 0.546. The summed E-state index contributed by atoms with van der Waals surface area (Å²) in [4.78, 5) is 32.6. The predicted molar refractivity (Wildman–Crippen MR) is 111 cm³/mol. The van der Waals surface area contributed by atoms with Gasteiger partial charge < -0.3 is 15.0 Å². The number of benzene rings is 1. The molecule has 0 spiro atoms. The summed E-state index contributed by atoms with van der Waals surface area (Å²) < 4.78 is 6.98. The van der Waals surface area contributed by atoms with Crippen molar-refractivity contribution >= 4 is 16.8 Å². The maximum Gasteiger partial charge on any atom is 0.268 e. The minimum atomic E-state index is -0.401. The van der Waals surface area contributed by atoms with Gasteiger partial charge in [-0.05, 0) is 30.3 Å². The van der Waals surface area contributed by atoms with Crippen LogP contribution in [0, 0.1) is 0 Å². The third kappa shape index (κ3) is 3.37. The van der Waals surface area contributed by atoms with Gasteiger partial charge in [-0.25, -0.2) is 4.68 Å². The average Bonchev–Trinajstić information content (AvgIpc) is 3.41. The zero-order valence-corrected chi connectivity index (χ0v) is 16.0. The third-order valence-corrected chi connectivity index (χ3v) is 5.24. The normalized spacial score (nSPS) is 18.5. The van der Waals surface area contributed by atoms with Crippen molar-refractivity contribution in [2.75, 3.05) is 13.2 Å². The van der Waals surface area contributed by atoms with E-state index in [1.165, 1.54) is 10.7 Å². The highest BCUT2D eigenvalue weighted by molar-refractivity contribution is 5.98. The summed E-state index contributed by atoms with van der Waals surface area (Å²) in [6.07, 6.45) is 3.37. The SMILES string of the molecule is O=C(NC1COCC1n1nc(-c2cccnc2)ccc1=O)c1cc2ccccc2[nH]1. The molecular weight excluding hydrogens is 382 g/mol. The first-order valence-electron chi connectivity index (χ1n) is 9.66. The first-order chi connectivity index (χ1) is 14.7. The number of carbonyl (C=O) groups excluding carboxylic acids is 1. The molecule has 4 aromatic rings. The summed E-state index contributed by atoms with van der Waals surface area (Å²) >= 11 is 0. The van der Waals surface area contributed by atoms with E-state index in [9.17, 15) is 9.59 Å². The molecule has 8 nitrogen and oxygen atoms in total. The summed E-state index contributed by atoms with van der Waals surface area (Å²) in [5.74, 6) is -0.247. The van der Waals surface area contributed by atoms with Gasteiger partial charge in [0.2, 0.25) is 0 Å². The standard InChI is InChI=1S/C22H19N5O3/c28-21-8-7-17(15-5-3-9-23-11-15)26-27(21)20-13-30-12-19(20)25-22(29)18-10-14-4-1-2-6-16(14)24-18/h1-11,19-20,24H,12-13H2,(H,25,29). The van der Waals surface area contributed by atoms with Crippen LogP contribution in [0.15, 0.2) is 71.8 Å². The molecule has 0 aliphatic carbocycles. The van der Waals surface area contributed by atoms with Crippen LogP contribution in [0.4, 0.5) is 0 Å². The third-order valence-electron chi connectivity index (χ3n) is 5.24. The Morgan fingerprint density at radius 3 is 2.87 bits per heavy atom. The van der Waals surface area contributed by atoms with Crippen molar-refractivity contribution in [1.82, 2.24) is 25.1 Å². The molecule has 4 heterocycles. The first-order valence-corrected chi connectivity index (χ1v) is 9.66. The van der Waals surface area contributed by atoms with E-state index in [-0.39, 0.29) is 17.5 Å². The van der Waals surface area contributed by atoms with Gasteiger partial charge in [-0.15, -0.1) is 0 Å². The highest BCUT2D eigenvalue weighted by atomic mass is 16.5. The lowest BCUT2D eigenvalue weighted by Crippen LogP contribution is -2.44. The zero-order chi connectivity index (χ0) is 20.5. The number of fused-ring (bicyclic) bond motifs is 1. The average molecular weight is 401 g/mol. The second-order valence-corrected chi connectivity index (χ2v) is 7.20. The molecule has 150 valence electrons. The number of hydrogen-bond acceptors (Lipinski definition) is 5. The number of hydrogen-bond donors (Lipinski definition) is 2. The Bertz CT molecular complexity index is 1230. The second-order valence-electron chi connectivity index (χ2n) is 7.20. The molecule has 2 N–H and O–H groups in total. The minimum Gasteiger partial charge on any atom is -0.377 e. The van der Waals surface area contributed by atoms with Gasteiger partial charge in [0.05, 0.1) is 24.9 Å². The Balaban J connectivity index is 1.41. The summed E-state index contributed by atoms with van der Waals surface area (Å²) in [5, 5.41) is 8.46. The first kappa shape index (κ1) is 18.3. The van der Waals surface area contributed by atoms with Gasteiger partial charge in [0.15, 0.2) is 0 Å². The number of H-pyrrole nitrogens is 1. The lowest BCUT2D eigenvalue weighted by Gasteiger charge is -2.20. The van der Waals surface area contributed by atoms with Crippen LogP contribution in [-0.4, -0.2) is 44.9 Å². The second kappa shape index (κ2) is 7.57. The van der Waals surface area contributed by atoms with Gasteiger partial charge in [0, 0.05) is 34.9 Å². The lowest BCUT2D eigenvalue weighted by atomic mass is 10.1. The largest absolute Gasteiger partial charge is 0.377 e. The van der Waals surface area contributed by atoms with Crippen molar-refractivity contribution in [2.24, 2.45) is 0 Å². The van der Waals surface area contributed by atoms with Crippen LogP contribution in [0.1, 0.15) is 16.5 Å². The van der Waals surface area contributed by atoms with Crippen LogP contribution in [0.25, 0.3) is 22.2 Å². The number of aromatic amines is 1. The molecule has 1 saturated heterocycles. The Labute approximate surface area is 171 Å². The number of ether oxygens (including phenoxy) is 1. The summed E-state index contributed by atoms with van der Waals surface area (Å²) in [5.41, 5.74) is 2.55. The van der Waals surface area contributed by atoms with E-state index >= 15 is 0 Å². The molecular formula is C22H19N5O3. The number of rotatable bonds is 4. The lowest BCUT2D eigenvalue weighted by molar-refractivity contribution is 0.0920. The summed E-state index contributed by atoms with van der Waals surface area (Å²) in [6, 6.07) is 15.6. The van der Waals surface area contributed by atoms with Crippen molar-refractivity contribution in [3.63, 3.8) is 0 Å². The number of aromatic nitrogens is 4. The van der Waals surface area contributed by atoms with Crippen molar-refractivity contribution in [3.05, 3.63) is 83.0 Å². The van der Waals surface area contributed by atoms with E-state index in [2.05, 4.69) is 20.4 Å². The van der Waals surface area contributed by atoms with Gasteiger partial charge in [0.25, 0.3) is 11.5 Å². The van der Waals surface area contributed by atoms with Crippen LogP contribution < -0.4 is 10.9 Å². The molecule has 0 bridgehead atoms. The molecule has 1 aliphatic rings. The number of para-hydroxylation sites is 1. The van der Waals surface area contributed by atoms with E-state index < -0.39 is 6.04 Å². The Hall–Kier alpha value is -3.78. The highest BCUT2D eigenvalue weighted by Crippen LogP contribution is 2.21. The van der Waals surface area contributed by atoms with Crippen molar-refractivity contribution in [3.8, 4) is 11.3 Å². The molecule has 0 radical (unpaired) electrons. The van der Waals surface area contributed by atoms with Gasteiger partial charge in [-0.2, -0.15) is 5.10 Å². The van der Waals surface area contributed by atoms with Gasteiger partial charge >= 0.3 is 0 Å². The van der Waals surface area contributed by atoms with Crippen LogP contribution in [0.2, 0.25) is 0 Å². The van der Waals surface area contributed by atoms with Gasteiger partial charge in [0.1, 0.15) is 11.7 Å². The minimum absolute atomic E-state index is 0.247. The number of nitrogens with one attached hydrogen (secondary N) is 2. The fourth-order valence-electron chi connectivity index (χ4n) is 3.69. The molecule has 8 heteroatoms. The number of nitrogens with zero attached hydrogens (tertiary/aromatic N) is 3. The predicted octanol–water partition coefficient (Wildman–Crippen LogP) is 2.16. The maximum atomic E-state index is 12.8. The Morgan fingerprint density at radius 2 is 2.03 bits per heavy atom. The summed E-state index contributed by atoms with van der Waals surface area (Å²) in [7, 11) is 0. The number of carbonyl (C=O) groups is 1. The number of amides is 1. The van der Waals surface area contributed by atoms with Crippen LogP contribution in [0.3, 0.4) is 0 Å². The summed E-state index contributed by atoms with van der Waals surface area (Å²) in [6.45, 7) is 0.600. The molecule has 0 saturated carbocycles. The maximum absolute atomic E-state index is 12.8. The van der Waals surface area contributed by atoms with Gasteiger partial charge in [-0.3, -0.25) is 14.6 Å². The van der Waals surface area contributed by atoms with E-state index in [0.717, 1.165) is 16.5 Å². The van der Waals surface area contributed by atoms with Crippen molar-refractivity contribution in [1.29, 1.82) is 0 Å². The van der Waals surface area contributed by atoms with Crippen LogP contribution >= 0.6 is 0 Å². The van der Waals surface area contributed by atoms with E-state index in [4.69, 9.17) is 4.74 Å². The molecule has 2 atom stereocenters. The smallest absolute Gasteiger partial charge is 0.268 e. The van der Waals surface area contributed by atoms with E-state index in [0.29, 0.717) is 24.6 Å². The molecule has 1 aromatic carbocycles. The van der Waals surface area contributed by atoms with Gasteiger partial charge in [-0.1, -0.05) is 18.2 Å². The molecule has 1 amide bonds.